The van der Waals surface area contributed by atoms with E-state index in [0.29, 0.717) is 17.0 Å². The molecule has 1 amide bonds. The molecule has 1 aliphatic rings. The molecule has 2 aromatic rings. The summed E-state index contributed by atoms with van der Waals surface area (Å²) in [4.78, 5) is 15.6. The van der Waals surface area contributed by atoms with Gasteiger partial charge < -0.3 is 9.64 Å². The Morgan fingerprint density at radius 3 is 2.47 bits per heavy atom. The van der Waals surface area contributed by atoms with Crippen molar-refractivity contribution in [2.45, 2.75) is 38.5 Å². The molecule has 10 heteroatoms. The molecule has 0 aromatic heterocycles. The third-order valence-electron chi connectivity index (χ3n) is 5.27. The van der Waals surface area contributed by atoms with Crippen LogP contribution in [0.25, 0.3) is 0 Å². The fraction of sp³-hybridized carbons (Fsp3) is 0.364. The summed E-state index contributed by atoms with van der Waals surface area (Å²) in [6.45, 7) is 3.75. The number of nitriles is 1. The van der Waals surface area contributed by atoms with Crippen LogP contribution in [0.5, 0.6) is 0 Å². The molecule has 0 spiro atoms. The second-order valence-electron chi connectivity index (χ2n) is 7.19. The van der Waals surface area contributed by atoms with Crippen LogP contribution in [0.2, 0.25) is 10.0 Å². The molecular formula is C22H20Cl2F3N3O2. The van der Waals surface area contributed by atoms with Crippen molar-refractivity contribution in [1.82, 2.24) is 0 Å². The highest BCUT2D eigenvalue weighted by molar-refractivity contribution is 6.42. The molecule has 0 saturated heterocycles. The number of carbonyl (C=O) groups is 1. The van der Waals surface area contributed by atoms with Crippen LogP contribution in [0.4, 0.5) is 29.3 Å². The van der Waals surface area contributed by atoms with Crippen molar-refractivity contribution in [3.05, 3.63) is 57.6 Å². The minimum Gasteiger partial charge on any atom is -0.449 e. The number of carbonyl (C=O) groups excluding carboxylic acids is 1. The summed E-state index contributed by atoms with van der Waals surface area (Å²) < 4.78 is 45.6. The summed E-state index contributed by atoms with van der Waals surface area (Å²) in [7, 11) is 0. The Balaban J connectivity index is 2.19. The standard InChI is InChI=1S/C22H20Cl2F3N3O2/c1-3-15-12-29(20(11-28)13-5-7-16(23)17(24)9-13)19-10-14(22(25,26)27)6-8-18(19)30(15)21(31)32-4-2/h5-10,15,20H,3-4,12H2,1-2H3. The number of alkyl halides is 3. The molecule has 170 valence electrons. The van der Waals surface area contributed by atoms with E-state index < -0.39 is 29.9 Å². The van der Waals surface area contributed by atoms with Crippen LogP contribution in [0.1, 0.15) is 37.4 Å². The molecule has 0 aliphatic carbocycles. The first kappa shape index (κ1) is 24.0. The van der Waals surface area contributed by atoms with Gasteiger partial charge in [-0.3, -0.25) is 4.90 Å². The van der Waals surface area contributed by atoms with E-state index in [-0.39, 0.29) is 29.5 Å². The van der Waals surface area contributed by atoms with E-state index in [2.05, 4.69) is 6.07 Å². The second-order valence-corrected chi connectivity index (χ2v) is 8.00. The molecule has 2 aromatic carbocycles. The number of amides is 1. The number of hydrogen-bond donors (Lipinski definition) is 0. The van der Waals surface area contributed by atoms with Gasteiger partial charge in [-0.15, -0.1) is 0 Å². The van der Waals surface area contributed by atoms with Gasteiger partial charge in [0, 0.05) is 6.54 Å². The smallest absolute Gasteiger partial charge is 0.416 e. The number of benzene rings is 2. The van der Waals surface area contributed by atoms with Gasteiger partial charge in [0.15, 0.2) is 0 Å². The van der Waals surface area contributed by atoms with E-state index in [1.807, 2.05) is 6.92 Å². The molecule has 32 heavy (non-hydrogen) atoms. The molecule has 1 heterocycles. The van der Waals surface area contributed by atoms with Crippen LogP contribution in [0.3, 0.4) is 0 Å². The van der Waals surface area contributed by atoms with Gasteiger partial charge in [-0.25, -0.2) is 4.79 Å². The average molecular weight is 486 g/mol. The lowest BCUT2D eigenvalue weighted by Gasteiger charge is -2.44. The zero-order chi connectivity index (χ0) is 23.6. The lowest BCUT2D eigenvalue weighted by atomic mass is 9.98. The molecule has 0 bridgehead atoms. The molecular weight excluding hydrogens is 466 g/mol. The number of rotatable bonds is 4. The third kappa shape index (κ3) is 4.59. The third-order valence-corrected chi connectivity index (χ3v) is 6.01. The molecule has 2 atom stereocenters. The zero-order valence-corrected chi connectivity index (χ0v) is 18.8. The van der Waals surface area contributed by atoms with Crippen LogP contribution >= 0.6 is 23.2 Å². The Hall–Kier alpha value is -2.63. The first-order valence-electron chi connectivity index (χ1n) is 9.90. The summed E-state index contributed by atoms with van der Waals surface area (Å²) in [6.07, 6.45) is -4.75. The topological polar surface area (TPSA) is 56.6 Å². The van der Waals surface area contributed by atoms with Gasteiger partial charge in [-0.2, -0.15) is 18.4 Å². The van der Waals surface area contributed by atoms with Crippen molar-refractivity contribution in [3.63, 3.8) is 0 Å². The van der Waals surface area contributed by atoms with E-state index in [1.54, 1.807) is 17.9 Å². The molecule has 5 nitrogen and oxygen atoms in total. The quantitative estimate of drug-likeness (QED) is 0.475. The normalized spacial score (nSPS) is 16.9. The predicted octanol–water partition coefficient (Wildman–Crippen LogP) is 6.84. The molecule has 0 saturated carbocycles. The van der Waals surface area contributed by atoms with Crippen molar-refractivity contribution < 1.29 is 22.7 Å². The van der Waals surface area contributed by atoms with Crippen LogP contribution in [0.15, 0.2) is 36.4 Å². The molecule has 0 radical (unpaired) electrons. The van der Waals surface area contributed by atoms with Gasteiger partial charge in [-0.05, 0) is 49.2 Å². The number of fused-ring (bicyclic) bond motifs is 1. The number of nitrogens with zero attached hydrogens (tertiary/aromatic N) is 3. The van der Waals surface area contributed by atoms with Gasteiger partial charge in [0.05, 0.1) is 45.7 Å². The first-order chi connectivity index (χ1) is 15.1. The van der Waals surface area contributed by atoms with E-state index in [9.17, 15) is 23.2 Å². The maximum absolute atomic E-state index is 13.5. The van der Waals surface area contributed by atoms with E-state index >= 15 is 0 Å². The highest BCUT2D eigenvalue weighted by Gasteiger charge is 2.40. The maximum Gasteiger partial charge on any atom is 0.416 e. The van der Waals surface area contributed by atoms with Gasteiger partial charge in [0.1, 0.15) is 6.04 Å². The first-order valence-corrected chi connectivity index (χ1v) is 10.7. The zero-order valence-electron chi connectivity index (χ0n) is 17.3. The summed E-state index contributed by atoms with van der Waals surface area (Å²) in [5.41, 5.74) is -0.0550. The fourth-order valence-electron chi connectivity index (χ4n) is 3.74. The van der Waals surface area contributed by atoms with Crippen molar-refractivity contribution in [1.29, 1.82) is 5.26 Å². The lowest BCUT2D eigenvalue weighted by Crippen LogP contribution is -2.52. The SMILES string of the molecule is CCOC(=O)N1c2ccc(C(F)(F)F)cc2N(C(C#N)c2ccc(Cl)c(Cl)c2)CC1CC. The highest BCUT2D eigenvalue weighted by Crippen LogP contribution is 2.44. The Morgan fingerprint density at radius 1 is 1.19 bits per heavy atom. The minimum atomic E-state index is -4.59. The van der Waals surface area contributed by atoms with Crippen molar-refractivity contribution in [3.8, 4) is 6.07 Å². The van der Waals surface area contributed by atoms with E-state index in [4.69, 9.17) is 27.9 Å². The summed E-state index contributed by atoms with van der Waals surface area (Å²) >= 11 is 12.1. The Bertz CT molecular complexity index is 1060. The Kier molecular flexibility index (Phi) is 7.11. The summed E-state index contributed by atoms with van der Waals surface area (Å²) in [5.74, 6) is 0. The largest absolute Gasteiger partial charge is 0.449 e. The molecule has 0 fully saturated rings. The molecule has 3 rings (SSSR count). The monoisotopic (exact) mass is 485 g/mol. The average Bonchev–Trinajstić information content (AvgIpc) is 2.75. The van der Waals surface area contributed by atoms with E-state index in [1.165, 1.54) is 23.1 Å². The van der Waals surface area contributed by atoms with Gasteiger partial charge in [0.25, 0.3) is 0 Å². The van der Waals surface area contributed by atoms with Crippen LogP contribution in [0, 0.1) is 11.3 Å². The van der Waals surface area contributed by atoms with Crippen molar-refractivity contribution in [2.24, 2.45) is 0 Å². The van der Waals surface area contributed by atoms with Gasteiger partial charge >= 0.3 is 12.3 Å². The van der Waals surface area contributed by atoms with Crippen molar-refractivity contribution >= 4 is 40.7 Å². The van der Waals surface area contributed by atoms with Gasteiger partial charge in [0.2, 0.25) is 0 Å². The predicted molar refractivity (Wildman–Crippen MR) is 117 cm³/mol. The molecule has 0 N–H and O–H groups in total. The number of hydrogen-bond acceptors (Lipinski definition) is 4. The van der Waals surface area contributed by atoms with E-state index in [0.717, 1.165) is 12.1 Å². The number of ether oxygens (including phenoxy) is 1. The molecule has 2 unspecified atom stereocenters. The van der Waals surface area contributed by atoms with Gasteiger partial charge in [-0.1, -0.05) is 36.2 Å². The van der Waals surface area contributed by atoms with Crippen LogP contribution in [-0.4, -0.2) is 25.3 Å². The minimum absolute atomic E-state index is 0.107. The molecule has 1 aliphatic heterocycles. The van der Waals surface area contributed by atoms with Crippen LogP contribution in [-0.2, 0) is 10.9 Å². The lowest BCUT2D eigenvalue weighted by molar-refractivity contribution is -0.137. The highest BCUT2D eigenvalue weighted by atomic mass is 35.5. The van der Waals surface area contributed by atoms with Crippen LogP contribution < -0.4 is 9.80 Å². The Labute approximate surface area is 193 Å². The fourth-order valence-corrected chi connectivity index (χ4v) is 4.05. The number of halogens is 5. The second kappa shape index (κ2) is 9.47. The summed E-state index contributed by atoms with van der Waals surface area (Å²) in [6, 6.07) is 8.55. The Morgan fingerprint density at radius 2 is 1.91 bits per heavy atom. The number of anilines is 2. The summed E-state index contributed by atoms with van der Waals surface area (Å²) in [5, 5.41) is 10.5. The van der Waals surface area contributed by atoms with Crippen molar-refractivity contribution in [2.75, 3.05) is 23.0 Å². The maximum atomic E-state index is 13.5.